The second-order valence-corrected chi connectivity index (χ2v) is 6.31. The SMILES string of the molecule is O=C(Nc1ccccc1)c1cc2n(n1)C[C@H](c1ccc(Cl)cc1)OC2. The molecule has 0 unspecified atom stereocenters. The normalized spacial score (nSPS) is 16.3. The molecule has 0 aliphatic carbocycles. The lowest BCUT2D eigenvalue weighted by molar-refractivity contribution is -0.00118. The maximum atomic E-state index is 12.4. The quantitative estimate of drug-likeness (QED) is 0.772. The molecule has 1 aliphatic rings. The predicted molar refractivity (Wildman–Crippen MR) is 95.6 cm³/mol. The van der Waals surface area contributed by atoms with Gasteiger partial charge in [-0.2, -0.15) is 5.10 Å². The molecule has 1 atom stereocenters. The average molecular weight is 354 g/mol. The molecule has 0 radical (unpaired) electrons. The van der Waals surface area contributed by atoms with Gasteiger partial charge in [-0.05, 0) is 35.9 Å². The molecule has 126 valence electrons. The number of nitrogens with zero attached hydrogens (tertiary/aromatic N) is 2. The molecule has 0 fully saturated rings. The van der Waals surface area contributed by atoms with Crippen LogP contribution >= 0.6 is 11.6 Å². The standard InChI is InChI=1S/C19H16ClN3O2/c20-14-8-6-13(7-9-14)18-11-23-16(12-25-18)10-17(22-23)19(24)21-15-4-2-1-3-5-15/h1-10,18H,11-12H2,(H,21,24)/t18-/m1/s1. The van der Waals surface area contributed by atoms with Crippen LogP contribution in [0.25, 0.3) is 0 Å². The number of aromatic nitrogens is 2. The Morgan fingerprint density at radius 3 is 2.68 bits per heavy atom. The largest absolute Gasteiger partial charge is 0.365 e. The van der Waals surface area contributed by atoms with E-state index < -0.39 is 0 Å². The number of carbonyl (C=O) groups is 1. The molecule has 3 aromatic rings. The molecule has 2 aromatic carbocycles. The first-order valence-electron chi connectivity index (χ1n) is 7.99. The van der Waals surface area contributed by atoms with E-state index in [4.69, 9.17) is 16.3 Å². The van der Waals surface area contributed by atoms with Crippen molar-refractivity contribution in [3.05, 3.63) is 82.6 Å². The van der Waals surface area contributed by atoms with Crippen molar-refractivity contribution in [2.45, 2.75) is 19.3 Å². The van der Waals surface area contributed by atoms with Gasteiger partial charge >= 0.3 is 0 Å². The molecule has 6 heteroatoms. The Hall–Kier alpha value is -2.63. The number of hydrogen-bond donors (Lipinski definition) is 1. The van der Waals surface area contributed by atoms with Gasteiger partial charge in [0.25, 0.3) is 5.91 Å². The molecule has 0 saturated carbocycles. The highest BCUT2D eigenvalue weighted by Gasteiger charge is 2.24. The molecule has 5 nitrogen and oxygen atoms in total. The summed E-state index contributed by atoms with van der Waals surface area (Å²) in [5.41, 5.74) is 3.07. The Labute approximate surface area is 150 Å². The number of halogens is 1. The van der Waals surface area contributed by atoms with Gasteiger partial charge in [0, 0.05) is 10.7 Å². The van der Waals surface area contributed by atoms with Crippen LogP contribution in [-0.2, 0) is 17.9 Å². The minimum atomic E-state index is -0.226. The third-order valence-electron chi connectivity index (χ3n) is 4.14. The number of anilines is 1. The van der Waals surface area contributed by atoms with Crippen LogP contribution in [0.3, 0.4) is 0 Å². The molecule has 2 heterocycles. The fourth-order valence-electron chi connectivity index (χ4n) is 2.83. The van der Waals surface area contributed by atoms with Crippen molar-refractivity contribution in [3.8, 4) is 0 Å². The van der Waals surface area contributed by atoms with Crippen LogP contribution in [0.5, 0.6) is 0 Å². The van der Waals surface area contributed by atoms with Crippen molar-refractivity contribution >= 4 is 23.2 Å². The highest BCUT2D eigenvalue weighted by atomic mass is 35.5. The van der Waals surface area contributed by atoms with Gasteiger partial charge in [-0.3, -0.25) is 9.48 Å². The first kappa shape index (κ1) is 15.9. The predicted octanol–water partition coefficient (Wildman–Crippen LogP) is 4.06. The van der Waals surface area contributed by atoms with Crippen LogP contribution in [0.4, 0.5) is 5.69 Å². The first-order valence-corrected chi connectivity index (χ1v) is 8.37. The number of benzene rings is 2. The van der Waals surface area contributed by atoms with E-state index in [1.807, 2.05) is 59.3 Å². The van der Waals surface area contributed by atoms with Crippen molar-refractivity contribution in [3.63, 3.8) is 0 Å². The smallest absolute Gasteiger partial charge is 0.276 e. The third-order valence-corrected chi connectivity index (χ3v) is 4.39. The highest BCUT2D eigenvalue weighted by molar-refractivity contribution is 6.30. The van der Waals surface area contributed by atoms with Crippen molar-refractivity contribution in [1.82, 2.24) is 9.78 Å². The average Bonchev–Trinajstić information content (AvgIpc) is 3.06. The minimum Gasteiger partial charge on any atom is -0.365 e. The number of ether oxygens (including phenoxy) is 1. The van der Waals surface area contributed by atoms with Crippen LogP contribution in [0.1, 0.15) is 27.8 Å². The number of nitrogens with one attached hydrogen (secondary N) is 1. The van der Waals surface area contributed by atoms with Crippen LogP contribution in [0, 0.1) is 0 Å². The fraction of sp³-hybridized carbons (Fsp3) is 0.158. The fourth-order valence-corrected chi connectivity index (χ4v) is 2.96. The Kier molecular flexibility index (Phi) is 4.26. The number of hydrogen-bond acceptors (Lipinski definition) is 3. The van der Waals surface area contributed by atoms with Gasteiger partial charge in [-0.1, -0.05) is 41.9 Å². The molecule has 1 amide bonds. The van der Waals surface area contributed by atoms with Crippen molar-refractivity contribution in [1.29, 1.82) is 0 Å². The van der Waals surface area contributed by atoms with E-state index in [9.17, 15) is 4.79 Å². The summed E-state index contributed by atoms with van der Waals surface area (Å²) in [5.74, 6) is -0.226. The van der Waals surface area contributed by atoms with Gasteiger partial charge < -0.3 is 10.1 Å². The molecule has 0 spiro atoms. The van der Waals surface area contributed by atoms with E-state index >= 15 is 0 Å². The van der Waals surface area contributed by atoms with E-state index in [1.54, 1.807) is 6.07 Å². The van der Waals surface area contributed by atoms with Crippen molar-refractivity contribution in [2.75, 3.05) is 5.32 Å². The van der Waals surface area contributed by atoms with Crippen molar-refractivity contribution in [2.24, 2.45) is 0 Å². The molecule has 4 rings (SSSR count). The Morgan fingerprint density at radius 1 is 1.16 bits per heavy atom. The zero-order valence-electron chi connectivity index (χ0n) is 13.4. The van der Waals surface area contributed by atoms with E-state index in [1.165, 1.54) is 0 Å². The maximum Gasteiger partial charge on any atom is 0.276 e. The molecule has 0 saturated heterocycles. The van der Waals surface area contributed by atoms with Crippen LogP contribution in [0.2, 0.25) is 5.02 Å². The van der Waals surface area contributed by atoms with Crippen LogP contribution in [-0.4, -0.2) is 15.7 Å². The first-order chi connectivity index (χ1) is 12.2. The van der Waals surface area contributed by atoms with Crippen LogP contribution in [0.15, 0.2) is 60.7 Å². The number of rotatable bonds is 3. The van der Waals surface area contributed by atoms with Gasteiger partial charge in [0.15, 0.2) is 5.69 Å². The van der Waals surface area contributed by atoms with Gasteiger partial charge in [0.05, 0.1) is 18.8 Å². The number of para-hydroxylation sites is 1. The van der Waals surface area contributed by atoms with Gasteiger partial charge in [-0.15, -0.1) is 0 Å². The Bertz CT molecular complexity index is 891. The van der Waals surface area contributed by atoms with E-state index in [-0.39, 0.29) is 12.0 Å². The van der Waals surface area contributed by atoms with Gasteiger partial charge in [0.2, 0.25) is 0 Å². The summed E-state index contributed by atoms with van der Waals surface area (Å²) < 4.78 is 7.74. The maximum absolute atomic E-state index is 12.4. The molecular formula is C19H16ClN3O2. The Balaban J connectivity index is 1.50. The summed E-state index contributed by atoms with van der Waals surface area (Å²) in [5, 5.41) is 7.98. The third kappa shape index (κ3) is 3.43. The lowest BCUT2D eigenvalue weighted by atomic mass is 10.1. The second kappa shape index (κ2) is 6.70. The minimum absolute atomic E-state index is 0.102. The second-order valence-electron chi connectivity index (χ2n) is 5.87. The lowest BCUT2D eigenvalue weighted by Gasteiger charge is -2.24. The monoisotopic (exact) mass is 353 g/mol. The summed E-state index contributed by atoms with van der Waals surface area (Å²) in [6, 6.07) is 18.7. The zero-order valence-corrected chi connectivity index (χ0v) is 14.1. The van der Waals surface area contributed by atoms with E-state index in [0.717, 1.165) is 16.9 Å². The molecule has 0 bridgehead atoms. The zero-order chi connectivity index (χ0) is 17.2. The molecule has 1 N–H and O–H groups in total. The van der Waals surface area contributed by atoms with Gasteiger partial charge in [-0.25, -0.2) is 0 Å². The summed E-state index contributed by atoms with van der Waals surface area (Å²) >= 11 is 5.93. The van der Waals surface area contributed by atoms with Crippen LogP contribution < -0.4 is 5.32 Å². The number of fused-ring (bicyclic) bond motifs is 1. The summed E-state index contributed by atoms with van der Waals surface area (Å²) in [6.45, 7) is 0.981. The summed E-state index contributed by atoms with van der Waals surface area (Å²) in [4.78, 5) is 12.4. The van der Waals surface area contributed by atoms with E-state index in [0.29, 0.717) is 23.9 Å². The molecular weight excluding hydrogens is 338 g/mol. The molecule has 1 aliphatic heterocycles. The Morgan fingerprint density at radius 2 is 1.92 bits per heavy atom. The van der Waals surface area contributed by atoms with Crippen molar-refractivity contribution < 1.29 is 9.53 Å². The number of amides is 1. The highest BCUT2D eigenvalue weighted by Crippen LogP contribution is 2.27. The lowest BCUT2D eigenvalue weighted by Crippen LogP contribution is -2.22. The molecule has 1 aromatic heterocycles. The van der Waals surface area contributed by atoms with Gasteiger partial charge in [0.1, 0.15) is 6.10 Å². The number of carbonyl (C=O) groups excluding carboxylic acids is 1. The summed E-state index contributed by atoms with van der Waals surface area (Å²) in [6.07, 6.45) is -0.102. The topological polar surface area (TPSA) is 56.2 Å². The summed E-state index contributed by atoms with van der Waals surface area (Å²) in [7, 11) is 0. The molecule has 25 heavy (non-hydrogen) atoms. The van der Waals surface area contributed by atoms with E-state index in [2.05, 4.69) is 10.4 Å².